The van der Waals surface area contributed by atoms with Crippen LogP contribution in [0.15, 0.2) is 29.1 Å². The lowest BCUT2D eigenvalue weighted by molar-refractivity contribution is -0.137. The van der Waals surface area contributed by atoms with Crippen molar-refractivity contribution in [3.8, 4) is 5.75 Å². The van der Waals surface area contributed by atoms with Crippen LogP contribution < -0.4 is 10.3 Å². The van der Waals surface area contributed by atoms with Crippen LogP contribution in [0.5, 0.6) is 5.75 Å². The quantitative estimate of drug-likeness (QED) is 0.848. The number of rotatable bonds is 6. The number of aromatic nitrogens is 1. The van der Waals surface area contributed by atoms with Crippen molar-refractivity contribution in [2.24, 2.45) is 5.92 Å². The van der Waals surface area contributed by atoms with Crippen LogP contribution >= 0.6 is 0 Å². The van der Waals surface area contributed by atoms with Crippen molar-refractivity contribution in [3.05, 3.63) is 40.2 Å². The summed E-state index contributed by atoms with van der Waals surface area (Å²) in [5, 5.41) is 0.993. The van der Waals surface area contributed by atoms with E-state index in [9.17, 15) is 9.59 Å². The van der Waals surface area contributed by atoms with Gasteiger partial charge in [-0.15, -0.1) is 0 Å². The minimum atomic E-state index is -0.0636. The average Bonchev–Trinajstić information content (AvgIpc) is 2.69. The Balaban J connectivity index is 1.66. The third-order valence-corrected chi connectivity index (χ3v) is 5.54. The second-order valence-electron chi connectivity index (χ2n) is 7.19. The van der Waals surface area contributed by atoms with Gasteiger partial charge in [0.25, 0.3) is 5.56 Å². The SMILES string of the molecule is CCC(CC)C(=O)N1CCN(Cc2cc3ccc(OC)cc3[nH]c2=O)CC1. The fourth-order valence-corrected chi connectivity index (χ4v) is 3.73. The number of nitrogens with zero attached hydrogens (tertiary/aromatic N) is 2. The number of hydrogen-bond acceptors (Lipinski definition) is 4. The molecule has 2 heterocycles. The van der Waals surface area contributed by atoms with Gasteiger partial charge in [-0.1, -0.05) is 13.8 Å². The molecule has 27 heavy (non-hydrogen) atoms. The maximum Gasteiger partial charge on any atom is 0.252 e. The van der Waals surface area contributed by atoms with Crippen molar-refractivity contribution < 1.29 is 9.53 Å². The number of pyridine rings is 1. The number of carbonyl (C=O) groups is 1. The Morgan fingerprint density at radius 3 is 2.48 bits per heavy atom. The van der Waals surface area contributed by atoms with E-state index in [1.54, 1.807) is 7.11 Å². The Labute approximate surface area is 160 Å². The zero-order valence-electron chi connectivity index (χ0n) is 16.5. The lowest BCUT2D eigenvalue weighted by Crippen LogP contribution is -2.50. The zero-order chi connectivity index (χ0) is 19.4. The van der Waals surface area contributed by atoms with E-state index >= 15 is 0 Å². The molecule has 1 saturated heterocycles. The smallest absolute Gasteiger partial charge is 0.252 e. The van der Waals surface area contributed by atoms with E-state index in [-0.39, 0.29) is 17.4 Å². The summed E-state index contributed by atoms with van der Waals surface area (Å²) in [4.78, 5) is 32.2. The summed E-state index contributed by atoms with van der Waals surface area (Å²) in [5.41, 5.74) is 1.47. The number of carbonyl (C=O) groups excluding carboxylic acids is 1. The van der Waals surface area contributed by atoms with Crippen LogP contribution in [0.2, 0.25) is 0 Å². The Bertz CT molecular complexity index is 849. The average molecular weight is 371 g/mol. The molecule has 6 nitrogen and oxygen atoms in total. The standard InChI is InChI=1S/C21H29N3O3/c1-4-15(5-2)21(26)24-10-8-23(9-11-24)14-17-12-16-6-7-18(27-3)13-19(16)22-20(17)25/h6-7,12-13,15H,4-5,8-11,14H2,1-3H3,(H,22,25). The van der Waals surface area contributed by atoms with Crippen molar-refractivity contribution in [1.82, 2.24) is 14.8 Å². The number of methoxy groups -OCH3 is 1. The third kappa shape index (κ3) is 4.33. The normalized spacial score (nSPS) is 15.5. The topological polar surface area (TPSA) is 65.6 Å². The van der Waals surface area contributed by atoms with E-state index in [0.29, 0.717) is 6.54 Å². The highest BCUT2D eigenvalue weighted by Crippen LogP contribution is 2.19. The molecule has 0 saturated carbocycles. The van der Waals surface area contributed by atoms with Crippen molar-refractivity contribution in [2.75, 3.05) is 33.3 Å². The highest BCUT2D eigenvalue weighted by Gasteiger charge is 2.25. The number of nitrogens with one attached hydrogen (secondary N) is 1. The number of aromatic amines is 1. The van der Waals surface area contributed by atoms with Gasteiger partial charge in [0, 0.05) is 50.3 Å². The molecule has 0 aliphatic carbocycles. The van der Waals surface area contributed by atoms with E-state index < -0.39 is 0 Å². The third-order valence-electron chi connectivity index (χ3n) is 5.54. The van der Waals surface area contributed by atoms with Crippen molar-refractivity contribution in [1.29, 1.82) is 0 Å². The number of benzene rings is 1. The van der Waals surface area contributed by atoms with Gasteiger partial charge >= 0.3 is 0 Å². The zero-order valence-corrected chi connectivity index (χ0v) is 16.5. The lowest BCUT2D eigenvalue weighted by atomic mass is 10.0. The second-order valence-corrected chi connectivity index (χ2v) is 7.19. The van der Waals surface area contributed by atoms with Crippen LogP contribution in [0.4, 0.5) is 0 Å². The Morgan fingerprint density at radius 2 is 1.85 bits per heavy atom. The van der Waals surface area contributed by atoms with Crippen LogP contribution in [0, 0.1) is 5.92 Å². The molecule has 1 aliphatic heterocycles. The van der Waals surface area contributed by atoms with E-state index in [4.69, 9.17) is 4.74 Å². The molecule has 0 bridgehead atoms. The molecule has 6 heteroatoms. The van der Waals surface area contributed by atoms with E-state index in [2.05, 4.69) is 23.7 Å². The van der Waals surface area contributed by atoms with Gasteiger partial charge in [0.2, 0.25) is 5.91 Å². The van der Waals surface area contributed by atoms with Crippen LogP contribution in [-0.2, 0) is 11.3 Å². The summed E-state index contributed by atoms with van der Waals surface area (Å²) in [6.45, 7) is 7.81. The van der Waals surface area contributed by atoms with E-state index in [0.717, 1.165) is 61.2 Å². The van der Waals surface area contributed by atoms with Gasteiger partial charge in [-0.2, -0.15) is 0 Å². The molecular weight excluding hydrogens is 342 g/mol. The van der Waals surface area contributed by atoms with Gasteiger partial charge in [0.05, 0.1) is 12.6 Å². The first-order chi connectivity index (χ1) is 13.0. The molecule has 3 rings (SSSR count). The van der Waals surface area contributed by atoms with Gasteiger partial charge in [0.15, 0.2) is 0 Å². The van der Waals surface area contributed by atoms with Gasteiger partial charge in [-0.25, -0.2) is 0 Å². The number of piperazine rings is 1. The van der Waals surface area contributed by atoms with Gasteiger partial charge in [-0.3, -0.25) is 14.5 Å². The second kappa shape index (κ2) is 8.57. The van der Waals surface area contributed by atoms with Gasteiger partial charge in [0.1, 0.15) is 5.75 Å². The molecule has 0 unspecified atom stereocenters. The molecule has 0 spiro atoms. The van der Waals surface area contributed by atoms with E-state index in [1.165, 1.54) is 0 Å². The van der Waals surface area contributed by atoms with Crippen LogP contribution in [0.25, 0.3) is 10.9 Å². The first-order valence-corrected chi connectivity index (χ1v) is 9.76. The number of ether oxygens (including phenoxy) is 1. The monoisotopic (exact) mass is 371 g/mol. The molecule has 146 valence electrons. The minimum Gasteiger partial charge on any atom is -0.497 e. The predicted molar refractivity (Wildman–Crippen MR) is 107 cm³/mol. The fourth-order valence-electron chi connectivity index (χ4n) is 3.73. The molecular formula is C21H29N3O3. The number of amides is 1. The molecule has 2 aromatic rings. The summed E-state index contributed by atoms with van der Waals surface area (Å²) in [7, 11) is 1.61. The number of H-pyrrole nitrogens is 1. The molecule has 1 fully saturated rings. The largest absolute Gasteiger partial charge is 0.497 e. The van der Waals surface area contributed by atoms with Crippen LogP contribution in [0.3, 0.4) is 0 Å². The predicted octanol–water partition coefficient (Wildman–Crippen LogP) is 2.62. The number of hydrogen-bond donors (Lipinski definition) is 1. The molecule has 0 atom stereocenters. The highest BCUT2D eigenvalue weighted by molar-refractivity contribution is 5.80. The molecule has 1 N–H and O–H groups in total. The van der Waals surface area contributed by atoms with Gasteiger partial charge in [-0.05, 0) is 36.4 Å². The van der Waals surface area contributed by atoms with Crippen molar-refractivity contribution >= 4 is 16.8 Å². The summed E-state index contributed by atoms with van der Waals surface area (Å²) in [6.07, 6.45) is 1.79. The summed E-state index contributed by atoms with van der Waals surface area (Å²) in [6, 6.07) is 7.64. The first kappa shape index (κ1) is 19.4. The summed E-state index contributed by atoms with van der Waals surface area (Å²) < 4.78 is 5.21. The Hall–Kier alpha value is -2.34. The molecule has 0 radical (unpaired) electrons. The molecule has 1 aromatic heterocycles. The van der Waals surface area contributed by atoms with Crippen molar-refractivity contribution in [3.63, 3.8) is 0 Å². The highest BCUT2D eigenvalue weighted by atomic mass is 16.5. The first-order valence-electron chi connectivity index (χ1n) is 9.76. The maximum atomic E-state index is 12.5. The minimum absolute atomic E-state index is 0.0636. The number of fused-ring (bicyclic) bond motifs is 1. The molecule has 1 amide bonds. The van der Waals surface area contributed by atoms with E-state index in [1.807, 2.05) is 29.2 Å². The Kier molecular flexibility index (Phi) is 6.16. The van der Waals surface area contributed by atoms with Crippen LogP contribution in [0.1, 0.15) is 32.3 Å². The molecule has 1 aliphatic rings. The van der Waals surface area contributed by atoms with Crippen molar-refractivity contribution in [2.45, 2.75) is 33.2 Å². The summed E-state index contributed by atoms with van der Waals surface area (Å²) in [5.74, 6) is 1.14. The summed E-state index contributed by atoms with van der Waals surface area (Å²) >= 11 is 0. The molecule has 1 aromatic carbocycles. The van der Waals surface area contributed by atoms with Crippen LogP contribution in [-0.4, -0.2) is 54.0 Å². The lowest BCUT2D eigenvalue weighted by Gasteiger charge is -2.36. The fraction of sp³-hybridized carbons (Fsp3) is 0.524. The maximum absolute atomic E-state index is 12.5. The van der Waals surface area contributed by atoms with Gasteiger partial charge < -0.3 is 14.6 Å². The Morgan fingerprint density at radius 1 is 1.15 bits per heavy atom.